The molecule has 0 N–H and O–H groups in total. The van der Waals surface area contributed by atoms with Gasteiger partial charge in [0.25, 0.3) is 0 Å². The van der Waals surface area contributed by atoms with Gasteiger partial charge in [-0.25, -0.2) is 8.42 Å². The maximum Gasteiger partial charge on any atom is 0.244 e. The van der Waals surface area contributed by atoms with E-state index in [0.717, 1.165) is 19.4 Å². The number of ether oxygens (including phenoxy) is 1. The number of hydrogen-bond acceptors (Lipinski definition) is 4. The molecule has 0 bridgehead atoms. The summed E-state index contributed by atoms with van der Waals surface area (Å²) in [6, 6.07) is 4.41. The Bertz CT molecular complexity index is 808. The van der Waals surface area contributed by atoms with E-state index in [1.807, 2.05) is 11.8 Å². The van der Waals surface area contributed by atoms with Crippen LogP contribution in [0.4, 0.5) is 0 Å². The summed E-state index contributed by atoms with van der Waals surface area (Å²) in [5.41, 5.74) is 0. The molecule has 1 unspecified atom stereocenters. The summed E-state index contributed by atoms with van der Waals surface area (Å²) in [5, 5.41) is 0.472. The van der Waals surface area contributed by atoms with Crippen molar-refractivity contribution in [2.45, 2.75) is 43.6 Å². The highest BCUT2D eigenvalue weighted by atomic mass is 35.5. The predicted octanol–water partition coefficient (Wildman–Crippen LogP) is 3.42. The second-order valence-corrected chi connectivity index (χ2v) is 10.0. The van der Waals surface area contributed by atoms with Crippen molar-refractivity contribution in [1.82, 2.24) is 9.21 Å². The van der Waals surface area contributed by atoms with Crippen molar-refractivity contribution in [3.8, 4) is 0 Å². The second-order valence-electron chi connectivity index (χ2n) is 7.26. The molecule has 2 fully saturated rings. The number of piperidine rings is 2. The van der Waals surface area contributed by atoms with Gasteiger partial charge in [0, 0.05) is 43.7 Å². The zero-order valence-electron chi connectivity index (χ0n) is 15.9. The van der Waals surface area contributed by atoms with Crippen molar-refractivity contribution in [1.29, 1.82) is 0 Å². The normalized spacial score (nSPS) is 22.4. The number of nitrogens with zero attached hydrogens (tertiary/aromatic N) is 2. The van der Waals surface area contributed by atoms with Crippen molar-refractivity contribution in [2.24, 2.45) is 5.92 Å². The van der Waals surface area contributed by atoms with E-state index in [1.165, 1.54) is 16.4 Å². The first-order valence-corrected chi connectivity index (χ1v) is 11.9. The van der Waals surface area contributed by atoms with Gasteiger partial charge in [0.05, 0.1) is 11.1 Å². The minimum Gasteiger partial charge on any atom is -0.377 e. The summed E-state index contributed by atoms with van der Waals surface area (Å²) in [6.07, 6.45) is 3.04. The molecule has 3 rings (SSSR count). The van der Waals surface area contributed by atoms with Crippen LogP contribution in [0, 0.1) is 5.92 Å². The highest BCUT2D eigenvalue weighted by Crippen LogP contribution is 2.31. The van der Waals surface area contributed by atoms with E-state index in [2.05, 4.69) is 0 Å². The fourth-order valence-corrected chi connectivity index (χ4v) is 6.13. The van der Waals surface area contributed by atoms with Gasteiger partial charge < -0.3 is 9.64 Å². The molecule has 1 atom stereocenters. The van der Waals surface area contributed by atoms with Crippen molar-refractivity contribution >= 4 is 39.1 Å². The molecule has 1 aromatic rings. The summed E-state index contributed by atoms with van der Waals surface area (Å²) >= 11 is 12.0. The largest absolute Gasteiger partial charge is 0.377 e. The molecule has 0 aromatic heterocycles. The summed E-state index contributed by atoms with van der Waals surface area (Å²) in [4.78, 5) is 14.8. The van der Waals surface area contributed by atoms with Gasteiger partial charge in [0.1, 0.15) is 4.90 Å². The third kappa shape index (κ3) is 4.82. The fourth-order valence-electron chi connectivity index (χ4n) is 3.93. The van der Waals surface area contributed by atoms with Gasteiger partial charge in [0.15, 0.2) is 0 Å². The molecule has 1 amide bonds. The Hall–Kier alpha value is -0.860. The first kappa shape index (κ1) is 21.8. The van der Waals surface area contributed by atoms with Gasteiger partial charge in [-0.1, -0.05) is 23.2 Å². The third-order valence-corrected chi connectivity index (χ3v) is 8.02. The first-order chi connectivity index (χ1) is 13.3. The van der Waals surface area contributed by atoms with Gasteiger partial charge >= 0.3 is 0 Å². The lowest BCUT2D eigenvalue weighted by Crippen LogP contribution is -2.48. The minimum atomic E-state index is -3.73. The van der Waals surface area contributed by atoms with E-state index < -0.39 is 10.0 Å². The number of rotatable bonds is 5. The van der Waals surface area contributed by atoms with Gasteiger partial charge in [-0.05, 0) is 50.8 Å². The minimum absolute atomic E-state index is 0.0158. The van der Waals surface area contributed by atoms with Crippen LogP contribution in [0.5, 0.6) is 0 Å². The Morgan fingerprint density at radius 3 is 2.57 bits per heavy atom. The van der Waals surface area contributed by atoms with Gasteiger partial charge in [0.2, 0.25) is 15.9 Å². The first-order valence-electron chi connectivity index (χ1n) is 9.68. The van der Waals surface area contributed by atoms with Crippen LogP contribution in [0.3, 0.4) is 0 Å². The molecule has 0 spiro atoms. The molecular weight excluding hydrogens is 423 g/mol. The Morgan fingerprint density at radius 2 is 1.89 bits per heavy atom. The average molecular weight is 449 g/mol. The lowest BCUT2D eigenvalue weighted by atomic mass is 9.95. The molecule has 156 valence electrons. The van der Waals surface area contributed by atoms with E-state index in [4.69, 9.17) is 27.9 Å². The van der Waals surface area contributed by atoms with Gasteiger partial charge in [-0.3, -0.25) is 4.79 Å². The molecule has 28 heavy (non-hydrogen) atoms. The molecule has 0 saturated carbocycles. The van der Waals surface area contributed by atoms with Crippen LogP contribution in [0.2, 0.25) is 10.0 Å². The molecule has 2 aliphatic heterocycles. The molecule has 2 saturated heterocycles. The molecule has 2 aliphatic rings. The molecule has 9 heteroatoms. The van der Waals surface area contributed by atoms with Crippen LogP contribution >= 0.6 is 23.2 Å². The second kappa shape index (κ2) is 9.30. The molecule has 1 aromatic carbocycles. The van der Waals surface area contributed by atoms with E-state index in [9.17, 15) is 13.2 Å². The molecule has 0 aliphatic carbocycles. The molecule has 2 heterocycles. The zero-order valence-corrected chi connectivity index (χ0v) is 18.3. The van der Waals surface area contributed by atoms with Gasteiger partial charge in [-0.15, -0.1) is 0 Å². The van der Waals surface area contributed by atoms with Crippen LogP contribution in [0.1, 0.15) is 32.6 Å². The summed E-state index contributed by atoms with van der Waals surface area (Å²) in [5.74, 6) is -0.0381. The Labute approximate surface area is 176 Å². The van der Waals surface area contributed by atoms with Crippen LogP contribution in [-0.4, -0.2) is 62.4 Å². The topological polar surface area (TPSA) is 66.9 Å². The Morgan fingerprint density at radius 1 is 1.18 bits per heavy atom. The van der Waals surface area contributed by atoms with E-state index >= 15 is 0 Å². The summed E-state index contributed by atoms with van der Waals surface area (Å²) in [6.45, 7) is 4.58. The standard InChI is InChI=1S/C19H26Cl2N2O4S/c1-2-27-16-4-3-9-22(13-16)19(24)14-7-10-23(11-8-14)28(25,26)18-12-15(20)5-6-17(18)21/h5-6,12,14,16H,2-4,7-11,13H2,1H3. The highest BCUT2D eigenvalue weighted by molar-refractivity contribution is 7.89. The highest BCUT2D eigenvalue weighted by Gasteiger charge is 2.36. The summed E-state index contributed by atoms with van der Waals surface area (Å²) < 4.78 is 32.9. The monoisotopic (exact) mass is 448 g/mol. The van der Waals surface area contributed by atoms with Crippen molar-refractivity contribution in [2.75, 3.05) is 32.8 Å². The number of hydrogen-bond donors (Lipinski definition) is 0. The predicted molar refractivity (Wildman–Crippen MR) is 109 cm³/mol. The quantitative estimate of drug-likeness (QED) is 0.691. The number of amides is 1. The molecule has 0 radical (unpaired) electrons. The van der Waals surface area contributed by atoms with Crippen molar-refractivity contribution in [3.05, 3.63) is 28.2 Å². The van der Waals surface area contributed by atoms with E-state index in [1.54, 1.807) is 6.07 Å². The van der Waals surface area contributed by atoms with Crippen LogP contribution in [0.15, 0.2) is 23.1 Å². The maximum atomic E-state index is 12.9. The number of likely N-dealkylation sites (tertiary alicyclic amines) is 1. The maximum absolute atomic E-state index is 12.9. The Kier molecular flexibility index (Phi) is 7.26. The SMILES string of the molecule is CCOC1CCCN(C(=O)C2CCN(S(=O)(=O)c3cc(Cl)ccc3Cl)CC2)C1. The number of carbonyl (C=O) groups is 1. The van der Waals surface area contributed by atoms with Crippen LogP contribution in [0.25, 0.3) is 0 Å². The van der Waals surface area contributed by atoms with E-state index in [0.29, 0.717) is 44.1 Å². The zero-order chi connectivity index (χ0) is 20.3. The molecular formula is C19H26Cl2N2O4S. The fraction of sp³-hybridized carbons (Fsp3) is 0.632. The van der Waals surface area contributed by atoms with Gasteiger partial charge in [-0.2, -0.15) is 4.31 Å². The van der Waals surface area contributed by atoms with Crippen LogP contribution < -0.4 is 0 Å². The lowest BCUT2D eigenvalue weighted by Gasteiger charge is -2.37. The number of carbonyl (C=O) groups excluding carboxylic acids is 1. The number of sulfonamides is 1. The van der Waals surface area contributed by atoms with E-state index in [-0.39, 0.29) is 27.8 Å². The van der Waals surface area contributed by atoms with Crippen molar-refractivity contribution < 1.29 is 17.9 Å². The number of halogens is 2. The number of benzene rings is 1. The Balaban J connectivity index is 1.62. The van der Waals surface area contributed by atoms with Crippen LogP contribution in [-0.2, 0) is 19.6 Å². The lowest BCUT2D eigenvalue weighted by molar-refractivity contribution is -0.140. The average Bonchev–Trinajstić information content (AvgIpc) is 2.70. The smallest absolute Gasteiger partial charge is 0.244 e. The van der Waals surface area contributed by atoms with Crippen molar-refractivity contribution in [3.63, 3.8) is 0 Å². The summed E-state index contributed by atoms with van der Waals surface area (Å²) in [7, 11) is -3.73. The molecule has 6 nitrogen and oxygen atoms in total. The third-order valence-electron chi connectivity index (χ3n) is 5.41.